The molecule has 3 heterocycles. The molecule has 3 aliphatic heterocycles. The van der Waals surface area contributed by atoms with E-state index < -0.39 is 5.60 Å². The molecule has 0 N–H and O–H groups in total. The Morgan fingerprint density at radius 1 is 1.25 bits per heavy atom. The van der Waals surface area contributed by atoms with Crippen LogP contribution < -0.4 is 4.90 Å². The van der Waals surface area contributed by atoms with Gasteiger partial charge < -0.3 is 19.3 Å². The molecule has 0 bridgehead atoms. The Labute approximate surface area is 164 Å². The van der Waals surface area contributed by atoms with Crippen LogP contribution in [0.25, 0.3) is 0 Å². The third-order valence-electron chi connectivity index (χ3n) is 6.07. The van der Waals surface area contributed by atoms with Gasteiger partial charge in [-0.1, -0.05) is 6.07 Å². The number of rotatable bonds is 3. The van der Waals surface area contributed by atoms with Crippen LogP contribution >= 0.6 is 0 Å². The minimum absolute atomic E-state index is 0.0431. The monoisotopic (exact) mass is 390 g/mol. The quantitative estimate of drug-likeness (QED) is 0.795. The van der Waals surface area contributed by atoms with Gasteiger partial charge in [0.2, 0.25) is 5.91 Å². The Hall–Kier alpha value is -1.99. The second kappa shape index (κ2) is 8.17. The van der Waals surface area contributed by atoms with Gasteiger partial charge in [0, 0.05) is 31.9 Å². The number of carbonyl (C=O) groups is 2. The first-order chi connectivity index (χ1) is 13.5. The Kier molecular flexibility index (Phi) is 5.64. The highest BCUT2D eigenvalue weighted by Crippen LogP contribution is 2.33. The molecule has 3 saturated heterocycles. The van der Waals surface area contributed by atoms with Crippen LogP contribution in [-0.2, 0) is 19.1 Å². The zero-order chi connectivity index (χ0) is 19.6. The minimum Gasteiger partial charge on any atom is -0.381 e. The fraction of sp³-hybridized carbons (Fsp3) is 0.619. The van der Waals surface area contributed by atoms with E-state index in [9.17, 15) is 14.0 Å². The van der Waals surface area contributed by atoms with E-state index in [-0.39, 0.29) is 24.2 Å². The number of likely N-dealkylation sites (tertiary alicyclic amines) is 1. The zero-order valence-electron chi connectivity index (χ0n) is 16.1. The van der Waals surface area contributed by atoms with Crippen LogP contribution in [0, 0.1) is 11.7 Å². The van der Waals surface area contributed by atoms with Gasteiger partial charge in [0.15, 0.2) is 0 Å². The Morgan fingerprint density at radius 2 is 2.07 bits per heavy atom. The fourth-order valence-electron chi connectivity index (χ4n) is 4.48. The van der Waals surface area contributed by atoms with Crippen molar-refractivity contribution in [2.45, 2.75) is 37.7 Å². The highest BCUT2D eigenvalue weighted by molar-refractivity contribution is 5.95. The standard InChI is InChI=1S/C21H27FN2O4/c22-17-3-1-4-18(12-17)24-15-21(28-13-20(24)26)7-2-8-23(14-21)19(25)11-16-5-9-27-10-6-16/h1,3-4,12,16H,2,5-11,13-15H2. The third-order valence-corrected chi connectivity index (χ3v) is 6.07. The van der Waals surface area contributed by atoms with E-state index >= 15 is 0 Å². The number of hydrogen-bond acceptors (Lipinski definition) is 4. The molecular weight excluding hydrogens is 363 g/mol. The predicted molar refractivity (Wildman–Crippen MR) is 101 cm³/mol. The van der Waals surface area contributed by atoms with Gasteiger partial charge in [-0.3, -0.25) is 9.59 Å². The lowest BCUT2D eigenvalue weighted by atomic mass is 9.89. The maximum atomic E-state index is 13.6. The van der Waals surface area contributed by atoms with E-state index in [1.54, 1.807) is 17.0 Å². The molecule has 1 spiro atoms. The molecule has 2 amide bonds. The summed E-state index contributed by atoms with van der Waals surface area (Å²) in [5.41, 5.74) is -0.0394. The lowest BCUT2D eigenvalue weighted by Gasteiger charge is -2.47. The van der Waals surface area contributed by atoms with Gasteiger partial charge in [-0.15, -0.1) is 0 Å². The van der Waals surface area contributed by atoms with E-state index in [1.165, 1.54) is 12.1 Å². The van der Waals surface area contributed by atoms with E-state index in [2.05, 4.69) is 0 Å². The first kappa shape index (κ1) is 19.3. The fourth-order valence-corrected chi connectivity index (χ4v) is 4.48. The number of hydrogen-bond donors (Lipinski definition) is 0. The number of nitrogens with zero attached hydrogens (tertiary/aromatic N) is 2. The Balaban J connectivity index is 1.44. The molecule has 3 aliphatic rings. The van der Waals surface area contributed by atoms with Crippen LogP contribution in [0.5, 0.6) is 0 Å². The second-order valence-electron chi connectivity index (χ2n) is 8.11. The molecule has 4 rings (SSSR count). The average Bonchev–Trinajstić information content (AvgIpc) is 2.71. The predicted octanol–water partition coefficient (Wildman–Crippen LogP) is 2.37. The summed E-state index contributed by atoms with van der Waals surface area (Å²) < 4.78 is 25.0. The number of morpholine rings is 1. The van der Waals surface area contributed by atoms with Crippen molar-refractivity contribution in [3.63, 3.8) is 0 Å². The number of halogens is 1. The highest BCUT2D eigenvalue weighted by Gasteiger charge is 2.44. The van der Waals surface area contributed by atoms with Gasteiger partial charge in [-0.2, -0.15) is 0 Å². The van der Waals surface area contributed by atoms with Crippen LogP contribution in [0.4, 0.5) is 10.1 Å². The van der Waals surface area contributed by atoms with Crippen LogP contribution in [0.1, 0.15) is 32.1 Å². The molecule has 1 unspecified atom stereocenters. The van der Waals surface area contributed by atoms with Crippen LogP contribution in [0.3, 0.4) is 0 Å². The molecular formula is C21H27FN2O4. The molecule has 0 aliphatic carbocycles. The second-order valence-corrected chi connectivity index (χ2v) is 8.11. The summed E-state index contributed by atoms with van der Waals surface area (Å²) in [6.07, 6.45) is 4.04. The molecule has 152 valence electrons. The molecule has 1 aromatic carbocycles. The molecule has 7 heteroatoms. The first-order valence-corrected chi connectivity index (χ1v) is 10.1. The normalized spacial score (nSPS) is 26.7. The third kappa shape index (κ3) is 4.20. The molecule has 3 fully saturated rings. The van der Waals surface area contributed by atoms with Gasteiger partial charge in [-0.05, 0) is 49.8 Å². The van der Waals surface area contributed by atoms with Crippen molar-refractivity contribution in [1.82, 2.24) is 4.90 Å². The molecule has 0 aromatic heterocycles. The minimum atomic E-state index is -0.580. The number of carbonyl (C=O) groups excluding carboxylic acids is 2. The van der Waals surface area contributed by atoms with E-state index in [1.807, 2.05) is 4.90 Å². The zero-order valence-corrected chi connectivity index (χ0v) is 16.1. The van der Waals surface area contributed by atoms with Crippen molar-refractivity contribution in [3.05, 3.63) is 30.1 Å². The lowest BCUT2D eigenvalue weighted by Crippen LogP contribution is -2.62. The van der Waals surface area contributed by atoms with E-state index in [4.69, 9.17) is 9.47 Å². The summed E-state index contributed by atoms with van der Waals surface area (Å²) in [5.74, 6) is -0.00909. The number of benzene rings is 1. The van der Waals surface area contributed by atoms with Crippen LogP contribution in [0.15, 0.2) is 24.3 Å². The van der Waals surface area contributed by atoms with Gasteiger partial charge in [0.05, 0.1) is 13.1 Å². The van der Waals surface area contributed by atoms with Crippen molar-refractivity contribution in [3.8, 4) is 0 Å². The van der Waals surface area contributed by atoms with Crippen molar-refractivity contribution in [2.75, 3.05) is 44.4 Å². The van der Waals surface area contributed by atoms with Crippen molar-refractivity contribution in [2.24, 2.45) is 5.92 Å². The smallest absolute Gasteiger partial charge is 0.253 e. The number of anilines is 1. The van der Waals surface area contributed by atoms with Crippen LogP contribution in [0.2, 0.25) is 0 Å². The molecule has 1 atom stereocenters. The number of amides is 2. The molecule has 1 aromatic rings. The maximum Gasteiger partial charge on any atom is 0.253 e. The molecule has 0 saturated carbocycles. The topological polar surface area (TPSA) is 59.1 Å². The summed E-state index contributed by atoms with van der Waals surface area (Å²) in [6.45, 7) is 2.97. The largest absolute Gasteiger partial charge is 0.381 e. The first-order valence-electron chi connectivity index (χ1n) is 10.1. The van der Waals surface area contributed by atoms with Gasteiger partial charge in [0.25, 0.3) is 5.91 Å². The molecule has 28 heavy (non-hydrogen) atoms. The van der Waals surface area contributed by atoms with E-state index in [0.29, 0.717) is 31.1 Å². The molecule has 0 radical (unpaired) electrons. The van der Waals surface area contributed by atoms with Crippen LogP contribution in [-0.4, -0.2) is 61.8 Å². The summed E-state index contributed by atoms with van der Waals surface area (Å²) in [4.78, 5) is 28.7. The van der Waals surface area contributed by atoms with E-state index in [0.717, 1.165) is 45.4 Å². The van der Waals surface area contributed by atoms with Crippen molar-refractivity contribution in [1.29, 1.82) is 0 Å². The lowest BCUT2D eigenvalue weighted by molar-refractivity contribution is -0.154. The summed E-state index contributed by atoms with van der Waals surface area (Å²) in [6, 6.07) is 6.07. The number of ether oxygens (including phenoxy) is 2. The van der Waals surface area contributed by atoms with Gasteiger partial charge >= 0.3 is 0 Å². The summed E-state index contributed by atoms with van der Waals surface area (Å²) >= 11 is 0. The molecule has 6 nitrogen and oxygen atoms in total. The Bertz CT molecular complexity index is 737. The average molecular weight is 390 g/mol. The van der Waals surface area contributed by atoms with Gasteiger partial charge in [0.1, 0.15) is 18.0 Å². The SMILES string of the molecule is O=C(CC1CCOCC1)N1CCCC2(C1)CN(c1cccc(F)c1)C(=O)CO2. The summed E-state index contributed by atoms with van der Waals surface area (Å²) in [5, 5.41) is 0. The van der Waals surface area contributed by atoms with Gasteiger partial charge in [-0.25, -0.2) is 4.39 Å². The van der Waals surface area contributed by atoms with Crippen molar-refractivity contribution >= 4 is 17.5 Å². The highest BCUT2D eigenvalue weighted by atomic mass is 19.1. The van der Waals surface area contributed by atoms with Crippen molar-refractivity contribution < 1.29 is 23.5 Å². The maximum absolute atomic E-state index is 13.6. The number of piperidine rings is 1. The Morgan fingerprint density at radius 3 is 2.86 bits per heavy atom. The summed E-state index contributed by atoms with van der Waals surface area (Å²) in [7, 11) is 0.